The van der Waals surface area contributed by atoms with Gasteiger partial charge in [-0.2, -0.15) is 0 Å². The largest absolute Gasteiger partial charge is 0.238 e. The van der Waals surface area contributed by atoms with Gasteiger partial charge in [-0.3, -0.25) is 0 Å². The highest BCUT2D eigenvalue weighted by atomic mass is 35.5. The minimum atomic E-state index is -3.63. The fourth-order valence-electron chi connectivity index (χ4n) is 1.28. The van der Waals surface area contributed by atoms with Gasteiger partial charge in [0, 0.05) is 5.88 Å². The van der Waals surface area contributed by atoms with Gasteiger partial charge in [0.1, 0.15) is 0 Å². The summed E-state index contributed by atoms with van der Waals surface area (Å²) in [6, 6.07) is 5.03. The average molecular weight is 234 g/mol. The predicted octanol–water partition coefficient (Wildman–Crippen LogP) is 1.42. The molecule has 0 radical (unpaired) electrons. The molecule has 3 nitrogen and oxygen atoms in total. The van der Waals surface area contributed by atoms with Crippen LogP contribution in [-0.2, 0) is 16.4 Å². The van der Waals surface area contributed by atoms with Gasteiger partial charge in [-0.25, -0.2) is 13.6 Å². The van der Waals surface area contributed by atoms with Gasteiger partial charge < -0.3 is 0 Å². The molecule has 1 rings (SSSR count). The van der Waals surface area contributed by atoms with Crippen LogP contribution in [-0.4, -0.2) is 14.3 Å². The molecular formula is C9H12ClNO2S. The van der Waals surface area contributed by atoms with E-state index >= 15 is 0 Å². The van der Waals surface area contributed by atoms with Crippen LogP contribution in [0, 0.1) is 6.92 Å². The monoisotopic (exact) mass is 233 g/mol. The molecule has 0 aliphatic rings. The predicted molar refractivity (Wildman–Crippen MR) is 57.0 cm³/mol. The molecule has 0 heterocycles. The lowest BCUT2D eigenvalue weighted by molar-refractivity contribution is 0.596. The molecule has 14 heavy (non-hydrogen) atoms. The number of rotatable bonds is 3. The van der Waals surface area contributed by atoms with Gasteiger partial charge in [-0.1, -0.05) is 17.7 Å². The van der Waals surface area contributed by atoms with E-state index in [1.807, 2.05) is 6.92 Å². The van der Waals surface area contributed by atoms with Gasteiger partial charge in [-0.05, 0) is 25.0 Å². The summed E-state index contributed by atoms with van der Waals surface area (Å²) < 4.78 is 22.3. The van der Waals surface area contributed by atoms with E-state index in [0.29, 0.717) is 17.9 Å². The van der Waals surface area contributed by atoms with Crippen LogP contribution in [0.25, 0.3) is 0 Å². The molecule has 0 spiro atoms. The Balaban J connectivity index is 3.29. The molecule has 0 fully saturated rings. The summed E-state index contributed by atoms with van der Waals surface area (Å²) in [7, 11) is -3.63. The summed E-state index contributed by atoms with van der Waals surface area (Å²) in [5.74, 6) is 0.381. The number of hydrogen-bond acceptors (Lipinski definition) is 2. The molecule has 0 aliphatic carbocycles. The quantitative estimate of drug-likeness (QED) is 0.803. The molecule has 0 aliphatic heterocycles. The van der Waals surface area contributed by atoms with E-state index in [0.717, 1.165) is 5.56 Å². The zero-order valence-electron chi connectivity index (χ0n) is 7.83. The third-order valence-corrected chi connectivity index (χ3v) is 3.09. The van der Waals surface area contributed by atoms with E-state index in [2.05, 4.69) is 0 Å². The lowest BCUT2D eigenvalue weighted by Gasteiger charge is -2.06. The van der Waals surface area contributed by atoms with Crippen LogP contribution in [0.1, 0.15) is 11.1 Å². The lowest BCUT2D eigenvalue weighted by atomic mass is 10.1. The van der Waals surface area contributed by atoms with Crippen LogP contribution in [0.5, 0.6) is 0 Å². The van der Waals surface area contributed by atoms with Gasteiger partial charge in [-0.15, -0.1) is 11.6 Å². The van der Waals surface area contributed by atoms with Gasteiger partial charge in [0.25, 0.3) is 0 Å². The Kier molecular flexibility index (Phi) is 3.53. The number of hydrogen-bond donors (Lipinski definition) is 1. The second-order valence-corrected chi connectivity index (χ2v) is 5.00. The van der Waals surface area contributed by atoms with Crippen molar-refractivity contribution in [3.8, 4) is 0 Å². The van der Waals surface area contributed by atoms with E-state index in [1.54, 1.807) is 12.1 Å². The molecule has 0 amide bonds. The van der Waals surface area contributed by atoms with Crippen LogP contribution < -0.4 is 5.14 Å². The first-order valence-electron chi connectivity index (χ1n) is 4.13. The minimum absolute atomic E-state index is 0.170. The van der Waals surface area contributed by atoms with Crippen LogP contribution in [0.3, 0.4) is 0 Å². The van der Waals surface area contributed by atoms with Crippen molar-refractivity contribution < 1.29 is 8.42 Å². The number of nitrogens with two attached hydrogens (primary N) is 1. The van der Waals surface area contributed by atoms with Crippen molar-refractivity contribution in [2.75, 3.05) is 5.88 Å². The number of sulfonamides is 1. The minimum Gasteiger partial charge on any atom is -0.225 e. The van der Waals surface area contributed by atoms with E-state index < -0.39 is 10.0 Å². The molecule has 1 aromatic rings. The standard InChI is InChI=1S/C9H12ClNO2S/c1-7-2-3-9(14(11,12)13)8(6-7)4-5-10/h2-3,6H,4-5H2,1H3,(H2,11,12,13). The Hall–Kier alpha value is -0.580. The van der Waals surface area contributed by atoms with Crippen LogP contribution in [0.2, 0.25) is 0 Å². The normalized spacial score (nSPS) is 11.6. The van der Waals surface area contributed by atoms with Gasteiger partial charge in [0.2, 0.25) is 10.0 Å². The van der Waals surface area contributed by atoms with E-state index in [1.165, 1.54) is 6.07 Å². The van der Waals surface area contributed by atoms with Crippen molar-refractivity contribution >= 4 is 21.6 Å². The third kappa shape index (κ3) is 2.70. The summed E-state index contributed by atoms with van der Waals surface area (Å²) in [6.07, 6.45) is 0.509. The Bertz CT molecular complexity index is 428. The van der Waals surface area contributed by atoms with Crippen molar-refractivity contribution in [1.29, 1.82) is 0 Å². The zero-order chi connectivity index (χ0) is 10.8. The molecule has 2 N–H and O–H groups in total. The summed E-state index contributed by atoms with van der Waals surface area (Å²) >= 11 is 5.57. The SMILES string of the molecule is Cc1ccc(S(N)(=O)=O)c(CCCl)c1. The summed E-state index contributed by atoms with van der Waals surface area (Å²) in [4.78, 5) is 0.170. The second-order valence-electron chi connectivity index (χ2n) is 3.10. The van der Waals surface area contributed by atoms with Gasteiger partial charge >= 0.3 is 0 Å². The molecular weight excluding hydrogens is 222 g/mol. The fraction of sp³-hybridized carbons (Fsp3) is 0.333. The zero-order valence-corrected chi connectivity index (χ0v) is 9.40. The van der Waals surface area contributed by atoms with Crippen molar-refractivity contribution in [1.82, 2.24) is 0 Å². The topological polar surface area (TPSA) is 60.2 Å². The maximum absolute atomic E-state index is 11.2. The van der Waals surface area contributed by atoms with E-state index in [9.17, 15) is 8.42 Å². The van der Waals surface area contributed by atoms with Crippen LogP contribution in [0.15, 0.2) is 23.1 Å². The molecule has 5 heteroatoms. The summed E-state index contributed by atoms with van der Waals surface area (Å²) in [5.41, 5.74) is 1.68. The first kappa shape index (κ1) is 11.5. The molecule has 78 valence electrons. The van der Waals surface area contributed by atoms with E-state index in [4.69, 9.17) is 16.7 Å². The van der Waals surface area contributed by atoms with Crippen molar-refractivity contribution in [3.05, 3.63) is 29.3 Å². The number of primary sulfonamides is 1. The molecule has 0 bridgehead atoms. The highest BCUT2D eigenvalue weighted by molar-refractivity contribution is 7.89. The Morgan fingerprint density at radius 2 is 2.07 bits per heavy atom. The maximum Gasteiger partial charge on any atom is 0.238 e. The van der Waals surface area contributed by atoms with Crippen LogP contribution >= 0.6 is 11.6 Å². The average Bonchev–Trinajstić information content (AvgIpc) is 2.02. The Morgan fingerprint density at radius 1 is 1.43 bits per heavy atom. The van der Waals surface area contributed by atoms with Gasteiger partial charge in [0.05, 0.1) is 4.90 Å². The highest BCUT2D eigenvalue weighted by Gasteiger charge is 2.12. The number of aryl methyl sites for hydroxylation is 2. The first-order valence-corrected chi connectivity index (χ1v) is 6.21. The Morgan fingerprint density at radius 3 is 2.57 bits per heavy atom. The molecule has 0 atom stereocenters. The van der Waals surface area contributed by atoms with E-state index in [-0.39, 0.29) is 4.90 Å². The van der Waals surface area contributed by atoms with Gasteiger partial charge in [0.15, 0.2) is 0 Å². The fourth-order valence-corrected chi connectivity index (χ4v) is 2.27. The molecule has 0 unspecified atom stereocenters. The lowest BCUT2D eigenvalue weighted by Crippen LogP contribution is -2.14. The Labute approximate surface area is 88.9 Å². The third-order valence-electron chi connectivity index (χ3n) is 1.89. The smallest absolute Gasteiger partial charge is 0.225 e. The van der Waals surface area contributed by atoms with Crippen LogP contribution in [0.4, 0.5) is 0 Å². The second kappa shape index (κ2) is 4.29. The molecule has 0 aromatic heterocycles. The highest BCUT2D eigenvalue weighted by Crippen LogP contribution is 2.16. The van der Waals surface area contributed by atoms with Crippen molar-refractivity contribution in [2.45, 2.75) is 18.2 Å². The maximum atomic E-state index is 11.2. The number of halogens is 1. The summed E-state index contributed by atoms with van der Waals surface area (Å²) in [5, 5.41) is 5.07. The number of benzene rings is 1. The summed E-state index contributed by atoms with van der Waals surface area (Å²) in [6.45, 7) is 1.89. The molecule has 1 aromatic carbocycles. The molecule has 0 saturated heterocycles. The van der Waals surface area contributed by atoms with Crippen molar-refractivity contribution in [2.24, 2.45) is 5.14 Å². The molecule has 0 saturated carbocycles. The first-order chi connectivity index (χ1) is 6.45. The number of alkyl halides is 1. The van der Waals surface area contributed by atoms with Crippen molar-refractivity contribution in [3.63, 3.8) is 0 Å².